The number of hydrogen-bond donors (Lipinski definition) is 1. The fraction of sp³-hybridized carbons (Fsp3) is 0.273. The molecule has 4 aromatic rings. The molecule has 1 atom stereocenters. The Morgan fingerprint density at radius 1 is 0.837 bits per heavy atom. The molecule has 0 aliphatic carbocycles. The summed E-state index contributed by atoms with van der Waals surface area (Å²) < 4.78 is 40.3. The zero-order valence-corrected chi connectivity index (χ0v) is 25.1. The van der Waals surface area contributed by atoms with Crippen molar-refractivity contribution in [2.75, 3.05) is 40.4 Å². The fourth-order valence-electron chi connectivity index (χ4n) is 5.48. The van der Waals surface area contributed by atoms with Crippen molar-refractivity contribution in [1.29, 1.82) is 0 Å². The molecule has 1 aromatic heterocycles. The number of rotatable bonds is 11. The number of carbonyl (C=O) groups is 1. The predicted molar refractivity (Wildman–Crippen MR) is 164 cm³/mol. The first-order valence-corrected chi connectivity index (χ1v) is 15.6. The van der Waals surface area contributed by atoms with Gasteiger partial charge in [0, 0.05) is 44.6 Å². The van der Waals surface area contributed by atoms with Gasteiger partial charge in [-0.3, -0.25) is 14.7 Å². The number of sulfonamides is 1. The van der Waals surface area contributed by atoms with E-state index >= 15 is 0 Å². The van der Waals surface area contributed by atoms with Gasteiger partial charge in [-0.05, 0) is 41.3 Å². The lowest BCUT2D eigenvalue weighted by Crippen LogP contribution is -2.56. The normalized spacial score (nSPS) is 14.8. The highest BCUT2D eigenvalue weighted by Gasteiger charge is 2.33. The van der Waals surface area contributed by atoms with Crippen LogP contribution < -0.4 is 14.2 Å². The van der Waals surface area contributed by atoms with Crippen LogP contribution in [0.2, 0.25) is 0 Å². The number of methoxy groups -OCH3 is 2. The van der Waals surface area contributed by atoms with Crippen molar-refractivity contribution in [3.05, 3.63) is 120 Å². The number of carbonyl (C=O) groups excluding carboxylic acids is 1. The van der Waals surface area contributed by atoms with Crippen LogP contribution in [0.3, 0.4) is 0 Å². The zero-order valence-electron chi connectivity index (χ0n) is 24.3. The quantitative estimate of drug-likeness (QED) is 0.279. The van der Waals surface area contributed by atoms with Crippen LogP contribution in [0.15, 0.2) is 108 Å². The van der Waals surface area contributed by atoms with E-state index in [1.165, 1.54) is 43.5 Å². The SMILES string of the molecule is COc1ccc(S(=O)(=O)N[C@@H](Cc2cccnc2)C(=O)N2CCN(C(c3ccccc3)c3ccccc3)CC2)cc1OC. The summed E-state index contributed by atoms with van der Waals surface area (Å²) in [5.74, 6) is 0.415. The zero-order chi connectivity index (χ0) is 30.2. The molecule has 2 heterocycles. The molecule has 1 aliphatic heterocycles. The summed E-state index contributed by atoms with van der Waals surface area (Å²) in [6.45, 7) is 2.22. The number of benzene rings is 3. The molecule has 43 heavy (non-hydrogen) atoms. The van der Waals surface area contributed by atoms with Crippen molar-refractivity contribution >= 4 is 15.9 Å². The van der Waals surface area contributed by atoms with Crippen LogP contribution >= 0.6 is 0 Å². The van der Waals surface area contributed by atoms with E-state index in [0.29, 0.717) is 31.9 Å². The van der Waals surface area contributed by atoms with E-state index < -0.39 is 16.1 Å². The van der Waals surface area contributed by atoms with E-state index in [4.69, 9.17) is 9.47 Å². The van der Waals surface area contributed by atoms with E-state index in [1.54, 1.807) is 23.4 Å². The van der Waals surface area contributed by atoms with Gasteiger partial charge in [0.2, 0.25) is 15.9 Å². The van der Waals surface area contributed by atoms with Gasteiger partial charge in [0.15, 0.2) is 11.5 Å². The first kappa shape index (κ1) is 30.2. The summed E-state index contributed by atoms with van der Waals surface area (Å²) in [5.41, 5.74) is 3.12. The molecule has 0 bridgehead atoms. The second kappa shape index (κ2) is 13.8. The number of pyridine rings is 1. The Morgan fingerprint density at radius 3 is 2.02 bits per heavy atom. The van der Waals surface area contributed by atoms with Gasteiger partial charge < -0.3 is 14.4 Å². The first-order valence-electron chi connectivity index (χ1n) is 14.2. The number of hydrogen-bond acceptors (Lipinski definition) is 7. The summed E-state index contributed by atoms with van der Waals surface area (Å²) in [6, 6.07) is 27.7. The topological polar surface area (TPSA) is 101 Å². The highest BCUT2D eigenvalue weighted by molar-refractivity contribution is 7.89. The molecule has 0 radical (unpaired) electrons. The highest BCUT2D eigenvalue weighted by atomic mass is 32.2. The van der Waals surface area contributed by atoms with Gasteiger partial charge in [0.05, 0.1) is 25.2 Å². The Hall–Kier alpha value is -4.25. The molecule has 3 aromatic carbocycles. The van der Waals surface area contributed by atoms with Crippen molar-refractivity contribution in [1.82, 2.24) is 19.5 Å². The summed E-state index contributed by atoms with van der Waals surface area (Å²) in [6.07, 6.45) is 3.45. The fourth-order valence-corrected chi connectivity index (χ4v) is 6.68. The van der Waals surface area contributed by atoms with Crippen LogP contribution in [0, 0.1) is 0 Å². The number of ether oxygens (including phenoxy) is 2. The van der Waals surface area contributed by atoms with Crippen LogP contribution in [0.5, 0.6) is 11.5 Å². The average Bonchev–Trinajstić information content (AvgIpc) is 3.05. The summed E-state index contributed by atoms with van der Waals surface area (Å²) in [5, 5.41) is 0. The maximum atomic E-state index is 14.0. The van der Waals surface area contributed by atoms with Gasteiger partial charge in [0.25, 0.3) is 0 Å². The van der Waals surface area contributed by atoms with Gasteiger partial charge >= 0.3 is 0 Å². The van der Waals surface area contributed by atoms with Gasteiger partial charge in [-0.25, -0.2) is 8.42 Å². The molecule has 1 N–H and O–H groups in total. The van der Waals surface area contributed by atoms with Crippen LogP contribution in [-0.2, 0) is 21.2 Å². The van der Waals surface area contributed by atoms with Crippen molar-refractivity contribution in [3.63, 3.8) is 0 Å². The molecule has 1 aliphatic rings. The first-order chi connectivity index (χ1) is 20.9. The Morgan fingerprint density at radius 2 is 1.47 bits per heavy atom. The largest absolute Gasteiger partial charge is 0.493 e. The van der Waals surface area contributed by atoms with Gasteiger partial charge in [-0.1, -0.05) is 66.7 Å². The van der Waals surface area contributed by atoms with Crippen molar-refractivity contribution in [2.45, 2.75) is 23.4 Å². The maximum absolute atomic E-state index is 14.0. The number of nitrogens with one attached hydrogen (secondary N) is 1. The summed E-state index contributed by atoms with van der Waals surface area (Å²) in [4.78, 5) is 22.2. The molecular weight excluding hydrogens is 564 g/mol. The molecule has 9 nitrogen and oxygen atoms in total. The lowest BCUT2D eigenvalue weighted by atomic mass is 9.96. The minimum absolute atomic E-state index is 0.0208. The number of piperazine rings is 1. The van der Waals surface area contributed by atoms with E-state index in [9.17, 15) is 13.2 Å². The van der Waals surface area contributed by atoms with Crippen molar-refractivity contribution < 1.29 is 22.7 Å². The Labute approximate surface area is 253 Å². The minimum Gasteiger partial charge on any atom is -0.493 e. The van der Waals surface area contributed by atoms with Crippen LogP contribution in [0.1, 0.15) is 22.7 Å². The summed E-state index contributed by atoms with van der Waals surface area (Å²) in [7, 11) is -1.16. The molecule has 5 rings (SSSR count). The Balaban J connectivity index is 1.36. The van der Waals surface area contributed by atoms with Gasteiger partial charge in [0.1, 0.15) is 6.04 Å². The molecule has 0 saturated carbocycles. The minimum atomic E-state index is -4.08. The second-order valence-corrected chi connectivity index (χ2v) is 12.1. The van der Waals surface area contributed by atoms with Crippen molar-refractivity contribution in [3.8, 4) is 11.5 Å². The summed E-state index contributed by atoms with van der Waals surface area (Å²) >= 11 is 0. The molecule has 1 saturated heterocycles. The lowest BCUT2D eigenvalue weighted by Gasteiger charge is -2.40. The van der Waals surface area contributed by atoms with Crippen LogP contribution in [0.25, 0.3) is 0 Å². The maximum Gasteiger partial charge on any atom is 0.241 e. The predicted octanol–water partition coefficient (Wildman–Crippen LogP) is 3.92. The third-order valence-corrected chi connectivity index (χ3v) is 9.11. The van der Waals surface area contributed by atoms with Crippen LogP contribution in [0.4, 0.5) is 0 Å². The lowest BCUT2D eigenvalue weighted by molar-refractivity contribution is -0.135. The van der Waals surface area contributed by atoms with Crippen LogP contribution in [-0.4, -0.2) is 75.5 Å². The molecule has 1 amide bonds. The molecular formula is C33H36N4O5S. The highest BCUT2D eigenvalue weighted by Crippen LogP contribution is 2.31. The monoisotopic (exact) mass is 600 g/mol. The van der Waals surface area contributed by atoms with Gasteiger partial charge in [-0.2, -0.15) is 4.72 Å². The van der Waals surface area contributed by atoms with E-state index in [0.717, 1.165) is 5.56 Å². The molecule has 10 heteroatoms. The number of amides is 1. The Bertz CT molecular complexity index is 1560. The molecule has 0 spiro atoms. The molecule has 224 valence electrons. The average molecular weight is 601 g/mol. The second-order valence-electron chi connectivity index (χ2n) is 10.3. The molecule has 0 unspecified atom stereocenters. The molecule has 1 fully saturated rings. The van der Waals surface area contributed by atoms with Gasteiger partial charge in [-0.15, -0.1) is 0 Å². The van der Waals surface area contributed by atoms with E-state index in [1.807, 2.05) is 42.5 Å². The number of aromatic nitrogens is 1. The number of nitrogens with zero attached hydrogens (tertiary/aromatic N) is 3. The smallest absolute Gasteiger partial charge is 0.241 e. The van der Waals surface area contributed by atoms with Crippen molar-refractivity contribution in [2.24, 2.45) is 0 Å². The van der Waals surface area contributed by atoms with E-state index in [-0.39, 0.29) is 29.0 Å². The standard InChI is InChI=1S/C33H36N4O5S/c1-41-30-16-15-28(23-31(30)42-2)43(39,40)35-29(22-25-10-9-17-34-24-25)33(38)37-20-18-36(19-21-37)32(26-11-5-3-6-12-26)27-13-7-4-8-14-27/h3-17,23-24,29,32,35H,18-22H2,1-2H3/t29-/m0/s1. The third-order valence-electron chi connectivity index (χ3n) is 7.65. The third kappa shape index (κ3) is 7.22. The Kier molecular flexibility index (Phi) is 9.71. The van der Waals surface area contributed by atoms with E-state index in [2.05, 4.69) is 38.9 Å².